The molecule has 3 aromatic rings. The van der Waals surface area contributed by atoms with Gasteiger partial charge in [0.1, 0.15) is 11.4 Å². The first-order valence-electron chi connectivity index (χ1n) is 9.90. The van der Waals surface area contributed by atoms with Crippen molar-refractivity contribution in [1.29, 1.82) is 0 Å². The second-order valence-electron chi connectivity index (χ2n) is 7.39. The molecule has 0 bridgehead atoms. The Kier molecular flexibility index (Phi) is 5.62. The second-order valence-corrected chi connectivity index (χ2v) is 7.39. The molecule has 0 atom stereocenters. The van der Waals surface area contributed by atoms with E-state index in [1.165, 1.54) is 11.1 Å². The van der Waals surface area contributed by atoms with Crippen molar-refractivity contribution in [2.24, 2.45) is 0 Å². The van der Waals surface area contributed by atoms with Crippen LogP contribution < -0.4 is 4.74 Å². The maximum absolute atomic E-state index is 12.9. The van der Waals surface area contributed by atoms with Gasteiger partial charge in [0.25, 0.3) is 5.91 Å². The Hall–Kier alpha value is -3.12. The summed E-state index contributed by atoms with van der Waals surface area (Å²) in [5, 5.41) is 7.22. The number of nitrogens with zero attached hydrogens (tertiary/aromatic N) is 3. The van der Waals surface area contributed by atoms with Crippen molar-refractivity contribution < 1.29 is 9.53 Å². The van der Waals surface area contributed by atoms with Gasteiger partial charge in [0.05, 0.1) is 12.8 Å². The van der Waals surface area contributed by atoms with Crippen LogP contribution in [-0.4, -0.2) is 59.2 Å². The van der Waals surface area contributed by atoms with Crippen molar-refractivity contribution in [2.45, 2.75) is 13.5 Å². The first-order valence-corrected chi connectivity index (χ1v) is 9.90. The maximum atomic E-state index is 12.9. The number of ether oxygens (including phenoxy) is 1. The number of piperazine rings is 1. The molecule has 0 radical (unpaired) electrons. The number of hydrogen-bond acceptors (Lipinski definition) is 4. The predicted octanol–water partition coefficient (Wildman–Crippen LogP) is 3.35. The molecule has 150 valence electrons. The van der Waals surface area contributed by atoms with Gasteiger partial charge in [-0.3, -0.25) is 14.8 Å². The summed E-state index contributed by atoms with van der Waals surface area (Å²) < 4.78 is 5.19. The van der Waals surface area contributed by atoms with Gasteiger partial charge >= 0.3 is 0 Å². The summed E-state index contributed by atoms with van der Waals surface area (Å²) in [5.74, 6) is 0.803. The van der Waals surface area contributed by atoms with E-state index in [4.69, 9.17) is 4.74 Å². The van der Waals surface area contributed by atoms with E-state index in [0.717, 1.165) is 49.7 Å². The molecule has 1 saturated heterocycles. The summed E-state index contributed by atoms with van der Waals surface area (Å²) in [6.45, 7) is 6.27. The number of H-pyrrole nitrogens is 1. The molecule has 0 unspecified atom stereocenters. The molecule has 1 aliphatic heterocycles. The van der Waals surface area contributed by atoms with E-state index in [1.807, 2.05) is 35.2 Å². The summed E-state index contributed by atoms with van der Waals surface area (Å²) in [6.07, 6.45) is 0. The number of carbonyl (C=O) groups is 1. The molecular formula is C23H26N4O2. The fourth-order valence-corrected chi connectivity index (χ4v) is 3.65. The van der Waals surface area contributed by atoms with Crippen molar-refractivity contribution in [1.82, 2.24) is 20.0 Å². The zero-order valence-corrected chi connectivity index (χ0v) is 16.9. The Morgan fingerprint density at radius 2 is 1.79 bits per heavy atom. The van der Waals surface area contributed by atoms with Crippen LogP contribution in [0.15, 0.2) is 54.6 Å². The number of aryl methyl sites for hydroxylation is 1. The van der Waals surface area contributed by atoms with Gasteiger partial charge in [-0.15, -0.1) is 0 Å². The first-order chi connectivity index (χ1) is 14.1. The fourth-order valence-electron chi connectivity index (χ4n) is 3.65. The topological polar surface area (TPSA) is 61.5 Å². The van der Waals surface area contributed by atoms with Crippen LogP contribution in [0.5, 0.6) is 5.75 Å². The minimum absolute atomic E-state index is 0.00723. The number of amides is 1. The second kappa shape index (κ2) is 8.49. The lowest BCUT2D eigenvalue weighted by Gasteiger charge is -2.34. The SMILES string of the molecule is COc1ccc(-c2cc(C(=O)N3CCN(Cc4ccccc4C)CC3)[nH]n2)cc1. The van der Waals surface area contributed by atoms with Crippen LogP contribution in [0, 0.1) is 6.92 Å². The summed E-state index contributed by atoms with van der Waals surface area (Å²) in [7, 11) is 1.64. The maximum Gasteiger partial charge on any atom is 0.271 e. The number of nitrogens with one attached hydrogen (secondary N) is 1. The molecule has 6 nitrogen and oxygen atoms in total. The molecular weight excluding hydrogens is 364 g/mol. The fraction of sp³-hybridized carbons (Fsp3) is 0.304. The third-order valence-electron chi connectivity index (χ3n) is 5.51. The van der Waals surface area contributed by atoms with Crippen LogP contribution in [0.1, 0.15) is 21.6 Å². The number of aromatic amines is 1. The van der Waals surface area contributed by atoms with E-state index >= 15 is 0 Å². The standard InChI is InChI=1S/C23H26N4O2/c1-17-5-3-4-6-19(17)16-26-11-13-27(14-12-26)23(28)22-15-21(24-25-22)18-7-9-20(29-2)10-8-18/h3-10,15H,11-14,16H2,1-2H3,(H,24,25). The highest BCUT2D eigenvalue weighted by atomic mass is 16.5. The Morgan fingerprint density at radius 3 is 2.48 bits per heavy atom. The smallest absolute Gasteiger partial charge is 0.271 e. The molecule has 1 aliphatic rings. The lowest BCUT2D eigenvalue weighted by molar-refractivity contribution is 0.0622. The zero-order valence-electron chi connectivity index (χ0n) is 16.9. The molecule has 29 heavy (non-hydrogen) atoms. The molecule has 0 aliphatic carbocycles. The zero-order chi connectivity index (χ0) is 20.2. The molecule has 2 heterocycles. The van der Waals surface area contributed by atoms with Gasteiger partial charge in [-0.25, -0.2) is 0 Å². The normalized spacial score (nSPS) is 14.8. The van der Waals surface area contributed by atoms with Crippen molar-refractivity contribution in [3.8, 4) is 17.0 Å². The Morgan fingerprint density at radius 1 is 1.07 bits per heavy atom. The molecule has 1 fully saturated rings. The van der Waals surface area contributed by atoms with Crippen LogP contribution >= 0.6 is 0 Å². The largest absolute Gasteiger partial charge is 0.497 e. The monoisotopic (exact) mass is 390 g/mol. The highest BCUT2D eigenvalue weighted by Gasteiger charge is 2.24. The lowest BCUT2D eigenvalue weighted by atomic mass is 10.1. The van der Waals surface area contributed by atoms with Crippen LogP contribution in [0.2, 0.25) is 0 Å². The third-order valence-corrected chi connectivity index (χ3v) is 5.51. The van der Waals surface area contributed by atoms with Crippen LogP contribution in [-0.2, 0) is 6.54 Å². The quantitative estimate of drug-likeness (QED) is 0.726. The van der Waals surface area contributed by atoms with Gasteiger partial charge < -0.3 is 9.64 Å². The minimum Gasteiger partial charge on any atom is -0.497 e. The van der Waals surface area contributed by atoms with E-state index in [9.17, 15) is 4.79 Å². The molecule has 1 N–H and O–H groups in total. The van der Waals surface area contributed by atoms with Crippen LogP contribution in [0.3, 0.4) is 0 Å². The average molecular weight is 390 g/mol. The number of rotatable bonds is 5. The highest BCUT2D eigenvalue weighted by Crippen LogP contribution is 2.22. The molecule has 4 rings (SSSR count). The average Bonchev–Trinajstić information content (AvgIpc) is 3.26. The van der Waals surface area contributed by atoms with E-state index in [0.29, 0.717) is 5.69 Å². The molecule has 6 heteroatoms. The van der Waals surface area contributed by atoms with Crippen molar-refractivity contribution in [3.63, 3.8) is 0 Å². The van der Waals surface area contributed by atoms with Gasteiger partial charge in [-0.2, -0.15) is 5.10 Å². The minimum atomic E-state index is 0.00723. The first kappa shape index (κ1) is 19.2. The Balaban J connectivity index is 1.36. The highest BCUT2D eigenvalue weighted by molar-refractivity contribution is 5.93. The summed E-state index contributed by atoms with van der Waals surface area (Å²) in [4.78, 5) is 17.2. The van der Waals surface area contributed by atoms with Gasteiger partial charge in [0.15, 0.2) is 0 Å². The summed E-state index contributed by atoms with van der Waals surface area (Å²) in [6, 6.07) is 18.0. The number of hydrogen-bond donors (Lipinski definition) is 1. The van der Waals surface area contributed by atoms with Gasteiger partial charge in [-0.05, 0) is 48.4 Å². The lowest BCUT2D eigenvalue weighted by Crippen LogP contribution is -2.48. The predicted molar refractivity (Wildman–Crippen MR) is 113 cm³/mol. The van der Waals surface area contributed by atoms with Crippen LogP contribution in [0.4, 0.5) is 0 Å². The van der Waals surface area contributed by atoms with Crippen LogP contribution in [0.25, 0.3) is 11.3 Å². The Bertz CT molecular complexity index is 973. The number of benzene rings is 2. The molecule has 0 saturated carbocycles. The van der Waals surface area contributed by atoms with E-state index in [1.54, 1.807) is 7.11 Å². The summed E-state index contributed by atoms with van der Waals surface area (Å²) in [5.41, 5.74) is 4.90. The van der Waals surface area contributed by atoms with Gasteiger partial charge in [0.2, 0.25) is 0 Å². The third kappa shape index (κ3) is 4.32. The number of carbonyl (C=O) groups excluding carboxylic acids is 1. The Labute approximate surface area is 171 Å². The van der Waals surface area contributed by atoms with Crippen molar-refractivity contribution in [2.75, 3.05) is 33.3 Å². The molecule has 1 amide bonds. The van der Waals surface area contributed by atoms with Gasteiger partial charge in [0, 0.05) is 38.3 Å². The van der Waals surface area contributed by atoms with E-state index < -0.39 is 0 Å². The molecule has 0 spiro atoms. The summed E-state index contributed by atoms with van der Waals surface area (Å²) >= 11 is 0. The van der Waals surface area contributed by atoms with Crippen molar-refractivity contribution in [3.05, 3.63) is 71.4 Å². The van der Waals surface area contributed by atoms with E-state index in [2.05, 4.69) is 46.3 Å². The number of methoxy groups -OCH3 is 1. The molecule has 1 aromatic heterocycles. The van der Waals surface area contributed by atoms with Crippen molar-refractivity contribution >= 4 is 5.91 Å². The molecule has 2 aromatic carbocycles. The van der Waals surface area contributed by atoms with E-state index in [-0.39, 0.29) is 5.91 Å². The number of aromatic nitrogens is 2. The van der Waals surface area contributed by atoms with Gasteiger partial charge in [-0.1, -0.05) is 24.3 Å².